The van der Waals surface area contributed by atoms with E-state index in [9.17, 15) is 9.13 Å². The first-order valence-corrected chi connectivity index (χ1v) is 12.6. The summed E-state index contributed by atoms with van der Waals surface area (Å²) >= 11 is 0. The number of rotatable bonds is 14. The van der Waals surface area contributed by atoms with E-state index in [1.54, 1.807) is 6.08 Å². The van der Waals surface area contributed by atoms with Gasteiger partial charge in [0.05, 0.1) is 0 Å². The Morgan fingerprint density at radius 1 is 0.821 bits per heavy atom. The second kappa shape index (κ2) is 13.7. The van der Waals surface area contributed by atoms with Gasteiger partial charge >= 0.3 is 15.2 Å². The molecular weight excluding hydrogens is 398 g/mol. The van der Waals surface area contributed by atoms with Crippen LogP contribution in [0.25, 0.3) is 0 Å². The summed E-state index contributed by atoms with van der Waals surface area (Å²) < 4.78 is 45.7. The van der Waals surface area contributed by atoms with Gasteiger partial charge in [0.25, 0.3) is 0 Å². The molecule has 0 fully saturated rings. The third-order valence-corrected chi connectivity index (χ3v) is 9.35. The van der Waals surface area contributed by atoms with E-state index in [4.69, 9.17) is 18.1 Å². The van der Waals surface area contributed by atoms with Crippen LogP contribution in [0.2, 0.25) is 0 Å². The molecule has 0 bridgehead atoms. The van der Waals surface area contributed by atoms with E-state index in [1.165, 1.54) is 39.6 Å². The Balaban J connectivity index is 5.04. The van der Waals surface area contributed by atoms with Crippen LogP contribution in [-0.2, 0) is 27.2 Å². The van der Waals surface area contributed by atoms with Crippen LogP contribution >= 0.6 is 15.2 Å². The Hall–Kier alpha value is -0.480. The molecule has 0 aliphatic carbocycles. The highest BCUT2D eigenvalue weighted by atomic mass is 31.2. The highest BCUT2D eigenvalue weighted by Gasteiger charge is 2.43. The van der Waals surface area contributed by atoms with Crippen LogP contribution in [0.15, 0.2) is 34.4 Å². The Morgan fingerprint density at radius 2 is 1.32 bits per heavy atom. The lowest BCUT2D eigenvalue weighted by molar-refractivity contribution is 0.269. The molecule has 1 atom stereocenters. The Morgan fingerprint density at radius 3 is 1.75 bits per heavy atom. The highest BCUT2D eigenvalue weighted by molar-refractivity contribution is 7.78. The maximum Gasteiger partial charge on any atom is 0.368 e. The van der Waals surface area contributed by atoms with Gasteiger partial charge in [-0.1, -0.05) is 36.3 Å². The van der Waals surface area contributed by atoms with E-state index in [1.807, 2.05) is 0 Å². The topological polar surface area (TPSA) is 71.1 Å². The van der Waals surface area contributed by atoms with Crippen LogP contribution in [-0.4, -0.2) is 28.4 Å². The van der Waals surface area contributed by atoms with Crippen molar-refractivity contribution in [3.05, 3.63) is 34.4 Å². The van der Waals surface area contributed by atoms with Crippen LogP contribution in [0.3, 0.4) is 0 Å². The van der Waals surface area contributed by atoms with E-state index in [0.29, 0.717) is 12.3 Å². The maximum atomic E-state index is 12.8. The predicted molar refractivity (Wildman–Crippen MR) is 117 cm³/mol. The molecule has 28 heavy (non-hydrogen) atoms. The van der Waals surface area contributed by atoms with Gasteiger partial charge in [0, 0.05) is 28.4 Å². The quantitative estimate of drug-likeness (QED) is 0.210. The minimum Gasteiger partial charge on any atom is -0.308 e. The van der Waals surface area contributed by atoms with Crippen molar-refractivity contribution in [2.24, 2.45) is 5.92 Å². The second-order valence-corrected chi connectivity index (χ2v) is 11.8. The van der Waals surface area contributed by atoms with Gasteiger partial charge in [0.1, 0.15) is 5.06 Å². The molecule has 0 saturated carbocycles. The molecule has 164 valence electrons. The molecule has 0 radical (unpaired) electrons. The molecule has 0 saturated heterocycles. The predicted octanol–water partition coefficient (Wildman–Crippen LogP) is 7.30. The molecular formula is C20H38O6P2. The van der Waals surface area contributed by atoms with Crippen molar-refractivity contribution in [3.8, 4) is 0 Å². The fourth-order valence-electron chi connectivity index (χ4n) is 2.63. The summed E-state index contributed by atoms with van der Waals surface area (Å²) in [4.78, 5) is 0. The standard InChI is InChI=1S/C20H38O6P2/c1-17(2)11-9-12-18(3)13-10-14-19(4)15-16-20(27(21,23-5)24-6)28(22,25-7)26-8/h11,13,16,19H,9-10,12,14-15H2,1-8H3. The molecule has 6 nitrogen and oxygen atoms in total. The third kappa shape index (κ3) is 9.35. The minimum absolute atomic E-state index is 0.0460. The zero-order chi connectivity index (χ0) is 21.8. The molecule has 0 aromatic rings. The first kappa shape index (κ1) is 27.5. The summed E-state index contributed by atoms with van der Waals surface area (Å²) in [6, 6.07) is 0. The fourth-order valence-corrected chi connectivity index (χ4v) is 6.51. The van der Waals surface area contributed by atoms with Gasteiger partial charge in [-0.15, -0.1) is 0 Å². The molecule has 0 heterocycles. The monoisotopic (exact) mass is 436 g/mol. The van der Waals surface area contributed by atoms with Crippen molar-refractivity contribution in [2.45, 2.75) is 59.8 Å². The van der Waals surface area contributed by atoms with Crippen LogP contribution in [0.1, 0.15) is 59.8 Å². The largest absolute Gasteiger partial charge is 0.368 e. The summed E-state index contributed by atoms with van der Waals surface area (Å²) in [6.07, 6.45) is 10.8. The molecule has 0 aromatic carbocycles. The average molecular weight is 436 g/mol. The van der Waals surface area contributed by atoms with Crippen molar-refractivity contribution in [2.75, 3.05) is 28.4 Å². The summed E-state index contributed by atoms with van der Waals surface area (Å²) in [5.41, 5.74) is 2.73. The first-order valence-electron chi connectivity index (χ1n) is 9.51. The number of hydrogen-bond acceptors (Lipinski definition) is 6. The Bertz CT molecular complexity index is 603. The van der Waals surface area contributed by atoms with Gasteiger partial charge < -0.3 is 18.1 Å². The van der Waals surface area contributed by atoms with Gasteiger partial charge in [-0.05, 0) is 58.8 Å². The smallest absolute Gasteiger partial charge is 0.308 e. The van der Waals surface area contributed by atoms with E-state index >= 15 is 0 Å². The van der Waals surface area contributed by atoms with Crippen LogP contribution in [0.4, 0.5) is 0 Å². The molecule has 1 unspecified atom stereocenters. The van der Waals surface area contributed by atoms with E-state index in [0.717, 1.165) is 25.7 Å². The zero-order valence-corrected chi connectivity index (χ0v) is 20.5. The molecule has 0 aromatic heterocycles. The maximum absolute atomic E-state index is 12.8. The van der Waals surface area contributed by atoms with Crippen LogP contribution < -0.4 is 0 Å². The molecule has 0 aliphatic rings. The van der Waals surface area contributed by atoms with E-state index < -0.39 is 15.2 Å². The lowest BCUT2D eigenvalue weighted by Crippen LogP contribution is -2.00. The second-order valence-electron chi connectivity index (χ2n) is 7.08. The van der Waals surface area contributed by atoms with Crippen molar-refractivity contribution >= 4 is 15.2 Å². The van der Waals surface area contributed by atoms with Crippen LogP contribution in [0, 0.1) is 5.92 Å². The lowest BCUT2D eigenvalue weighted by Gasteiger charge is -2.23. The fraction of sp³-hybridized carbons (Fsp3) is 0.700. The summed E-state index contributed by atoms with van der Waals surface area (Å²) in [7, 11) is -2.47. The molecule has 0 N–H and O–H groups in total. The molecule has 0 amide bonds. The Kier molecular flexibility index (Phi) is 13.5. The lowest BCUT2D eigenvalue weighted by atomic mass is 10.0. The molecule has 0 rings (SSSR count). The molecule has 0 spiro atoms. The van der Waals surface area contributed by atoms with Crippen molar-refractivity contribution in [3.63, 3.8) is 0 Å². The van der Waals surface area contributed by atoms with Crippen molar-refractivity contribution in [1.29, 1.82) is 0 Å². The van der Waals surface area contributed by atoms with Gasteiger partial charge in [-0.2, -0.15) is 0 Å². The SMILES string of the molecule is COP(=O)(OC)C(=CCC(C)CCC=C(C)CCC=C(C)C)P(=O)(OC)OC. The summed E-state index contributed by atoms with van der Waals surface area (Å²) in [5.74, 6) is 0.293. The summed E-state index contributed by atoms with van der Waals surface area (Å²) in [5, 5.41) is -0.0460. The number of allylic oxidation sites excluding steroid dienone is 5. The van der Waals surface area contributed by atoms with Crippen LogP contribution in [0.5, 0.6) is 0 Å². The third-order valence-electron chi connectivity index (χ3n) is 4.47. The van der Waals surface area contributed by atoms with Crippen molar-refractivity contribution in [1.82, 2.24) is 0 Å². The average Bonchev–Trinajstić information content (AvgIpc) is 2.67. The first-order chi connectivity index (χ1) is 13.1. The van der Waals surface area contributed by atoms with Gasteiger partial charge in [0.2, 0.25) is 0 Å². The van der Waals surface area contributed by atoms with Crippen molar-refractivity contribution < 1.29 is 27.2 Å². The van der Waals surface area contributed by atoms with Gasteiger partial charge in [-0.3, -0.25) is 9.13 Å². The van der Waals surface area contributed by atoms with Gasteiger partial charge in [0.15, 0.2) is 0 Å². The van der Waals surface area contributed by atoms with E-state index in [-0.39, 0.29) is 5.06 Å². The van der Waals surface area contributed by atoms with E-state index in [2.05, 4.69) is 39.8 Å². The molecule has 8 heteroatoms. The summed E-state index contributed by atoms with van der Waals surface area (Å²) in [6.45, 7) is 8.47. The highest BCUT2D eigenvalue weighted by Crippen LogP contribution is 2.72. The molecule has 0 aliphatic heterocycles. The zero-order valence-electron chi connectivity index (χ0n) is 18.7. The van der Waals surface area contributed by atoms with Gasteiger partial charge in [-0.25, -0.2) is 0 Å². The normalized spacial score (nSPS) is 13.9. The Labute approximate surface area is 171 Å². The number of hydrogen-bond donors (Lipinski definition) is 0. The minimum atomic E-state index is -3.73.